The van der Waals surface area contributed by atoms with Gasteiger partial charge in [0, 0.05) is 6.07 Å². The van der Waals surface area contributed by atoms with Gasteiger partial charge in [-0.3, -0.25) is 9.98 Å². The van der Waals surface area contributed by atoms with E-state index in [0.717, 1.165) is 0 Å². The number of nitrogens with zero attached hydrogens (tertiary/aromatic N) is 2. The molecule has 0 fully saturated rings. The van der Waals surface area contributed by atoms with Gasteiger partial charge in [-0.1, -0.05) is 0 Å². The van der Waals surface area contributed by atoms with Crippen LogP contribution in [-0.2, 0) is 0 Å². The first-order chi connectivity index (χ1) is 11.2. The first-order valence-electron chi connectivity index (χ1n) is 7.25. The Kier molecular flexibility index (Phi) is 2.51. The third-order valence-electron chi connectivity index (χ3n) is 4.15. The summed E-state index contributed by atoms with van der Waals surface area (Å²) in [6, 6.07) is 3.74. The predicted octanol–water partition coefficient (Wildman–Crippen LogP) is 1.51. The van der Waals surface area contributed by atoms with Crippen molar-refractivity contribution in [2.45, 2.75) is 19.5 Å². The lowest BCUT2D eigenvalue weighted by Crippen LogP contribution is -2.22. The van der Waals surface area contributed by atoms with E-state index in [9.17, 15) is 25.5 Å². The van der Waals surface area contributed by atoms with Crippen molar-refractivity contribution in [1.82, 2.24) is 0 Å². The number of hydrogen-bond donors (Lipinski definition) is 5. The highest BCUT2D eigenvalue weighted by Gasteiger charge is 2.26. The Morgan fingerprint density at radius 2 is 1.21 bits per heavy atom. The highest BCUT2D eigenvalue weighted by Crippen LogP contribution is 2.49. The van der Waals surface area contributed by atoms with Gasteiger partial charge >= 0.3 is 0 Å². The molecule has 0 atom stereocenters. The molecule has 1 aliphatic rings. The van der Waals surface area contributed by atoms with E-state index in [0.29, 0.717) is 10.7 Å². The molecule has 24 heavy (non-hydrogen) atoms. The lowest BCUT2D eigenvalue weighted by atomic mass is 9.98. The molecule has 0 aliphatic carbocycles. The molecule has 0 bridgehead atoms. The SMILES string of the molecule is CC1(C)N=c2cc(O)c3c(O)c4c(O)ccc(O)c4c(O)c3c2=N1. The molecule has 1 heterocycles. The molecular weight excluding hydrogens is 312 g/mol. The number of phenolic OH excluding ortho intramolecular Hbond substituents is 5. The summed E-state index contributed by atoms with van der Waals surface area (Å²) in [6.07, 6.45) is 0. The molecule has 1 aliphatic heterocycles. The molecule has 7 nitrogen and oxygen atoms in total. The van der Waals surface area contributed by atoms with E-state index in [-0.39, 0.29) is 38.8 Å². The molecule has 0 amide bonds. The highest BCUT2D eigenvalue weighted by molar-refractivity contribution is 6.16. The zero-order valence-electron chi connectivity index (χ0n) is 12.9. The zero-order chi connectivity index (χ0) is 17.4. The number of phenols is 5. The molecular formula is C17H14N2O5. The van der Waals surface area contributed by atoms with Gasteiger partial charge in [-0.15, -0.1) is 0 Å². The van der Waals surface area contributed by atoms with Gasteiger partial charge < -0.3 is 25.5 Å². The molecule has 0 spiro atoms. The minimum absolute atomic E-state index is 0.0590. The maximum Gasteiger partial charge on any atom is 0.146 e. The number of aromatic hydroxyl groups is 5. The number of hydrogen-bond acceptors (Lipinski definition) is 7. The van der Waals surface area contributed by atoms with Gasteiger partial charge in [-0.2, -0.15) is 0 Å². The Morgan fingerprint density at radius 3 is 1.79 bits per heavy atom. The first-order valence-corrected chi connectivity index (χ1v) is 7.25. The van der Waals surface area contributed by atoms with Gasteiger partial charge in [0.2, 0.25) is 0 Å². The largest absolute Gasteiger partial charge is 0.507 e. The van der Waals surface area contributed by atoms with Crippen LogP contribution in [0.1, 0.15) is 13.8 Å². The summed E-state index contributed by atoms with van der Waals surface area (Å²) < 4.78 is 0. The van der Waals surface area contributed by atoms with Crippen molar-refractivity contribution in [2.24, 2.45) is 9.98 Å². The lowest BCUT2D eigenvalue weighted by Gasteiger charge is -2.13. The fraction of sp³-hybridized carbons (Fsp3) is 0.176. The minimum Gasteiger partial charge on any atom is -0.507 e. The minimum atomic E-state index is -0.777. The highest BCUT2D eigenvalue weighted by atomic mass is 16.3. The molecule has 0 saturated carbocycles. The van der Waals surface area contributed by atoms with Crippen LogP contribution < -0.4 is 10.7 Å². The summed E-state index contributed by atoms with van der Waals surface area (Å²) in [4.78, 5) is 8.78. The molecule has 3 aromatic carbocycles. The summed E-state index contributed by atoms with van der Waals surface area (Å²) in [7, 11) is 0. The van der Waals surface area contributed by atoms with Crippen LogP contribution >= 0.6 is 0 Å². The van der Waals surface area contributed by atoms with E-state index >= 15 is 0 Å². The van der Waals surface area contributed by atoms with Gasteiger partial charge in [0.1, 0.15) is 34.4 Å². The lowest BCUT2D eigenvalue weighted by molar-refractivity contribution is 0.447. The van der Waals surface area contributed by atoms with Crippen molar-refractivity contribution in [3.63, 3.8) is 0 Å². The molecule has 7 heteroatoms. The fourth-order valence-corrected chi connectivity index (χ4v) is 3.22. The maximum absolute atomic E-state index is 10.7. The summed E-state index contributed by atoms with van der Waals surface area (Å²) in [5.41, 5.74) is -0.777. The van der Waals surface area contributed by atoms with Crippen molar-refractivity contribution in [3.05, 3.63) is 28.9 Å². The monoisotopic (exact) mass is 326 g/mol. The first kappa shape index (κ1) is 14.4. The van der Waals surface area contributed by atoms with Crippen molar-refractivity contribution < 1.29 is 25.5 Å². The van der Waals surface area contributed by atoms with E-state index in [1.807, 2.05) is 0 Å². The summed E-state index contributed by atoms with van der Waals surface area (Å²) in [6.45, 7) is 3.52. The topological polar surface area (TPSA) is 126 Å². The molecule has 122 valence electrons. The van der Waals surface area contributed by atoms with Crippen LogP contribution in [0.4, 0.5) is 0 Å². The van der Waals surface area contributed by atoms with Gasteiger partial charge in [-0.25, -0.2) is 0 Å². The van der Waals surface area contributed by atoms with E-state index < -0.39 is 17.2 Å². The third kappa shape index (κ3) is 1.66. The average Bonchev–Trinajstić information content (AvgIpc) is 2.79. The van der Waals surface area contributed by atoms with E-state index in [4.69, 9.17) is 0 Å². The Bertz CT molecular complexity index is 1180. The van der Waals surface area contributed by atoms with Crippen molar-refractivity contribution in [1.29, 1.82) is 0 Å². The molecule has 0 unspecified atom stereocenters. The van der Waals surface area contributed by atoms with Crippen molar-refractivity contribution >= 4 is 21.5 Å². The summed E-state index contributed by atoms with van der Waals surface area (Å²) in [5, 5.41) is 52.1. The standard InChI is InChI=1S/C17H14N2O5/c1-17(2)18-6-5-9(22)12-13(14(6)19-17)16(24)11-8(21)4-3-7(20)10(11)15(12)23/h3-5,20-24H,1-2H3. The van der Waals surface area contributed by atoms with Gasteiger partial charge in [0.05, 0.1) is 32.3 Å². The molecule has 3 aromatic rings. The van der Waals surface area contributed by atoms with Crippen LogP contribution in [0.5, 0.6) is 28.7 Å². The van der Waals surface area contributed by atoms with Gasteiger partial charge in [-0.05, 0) is 26.0 Å². The van der Waals surface area contributed by atoms with E-state index in [2.05, 4.69) is 9.98 Å². The summed E-state index contributed by atoms with van der Waals surface area (Å²) >= 11 is 0. The zero-order valence-corrected chi connectivity index (χ0v) is 12.9. The van der Waals surface area contributed by atoms with Crippen LogP contribution in [0, 0.1) is 0 Å². The van der Waals surface area contributed by atoms with Crippen LogP contribution in [0.15, 0.2) is 28.2 Å². The third-order valence-corrected chi connectivity index (χ3v) is 4.15. The van der Waals surface area contributed by atoms with Crippen LogP contribution in [0.25, 0.3) is 21.5 Å². The summed E-state index contributed by atoms with van der Waals surface area (Å²) in [5.74, 6) is -1.80. The molecule has 4 rings (SSSR count). The Balaban J connectivity index is 2.42. The Labute approximate surface area is 135 Å². The second-order valence-electron chi connectivity index (χ2n) is 6.28. The molecule has 0 saturated heterocycles. The maximum atomic E-state index is 10.7. The Hall–Kier alpha value is -3.22. The predicted molar refractivity (Wildman–Crippen MR) is 86.2 cm³/mol. The number of fused-ring (bicyclic) bond motifs is 4. The van der Waals surface area contributed by atoms with E-state index in [1.165, 1.54) is 18.2 Å². The van der Waals surface area contributed by atoms with Crippen molar-refractivity contribution in [2.75, 3.05) is 0 Å². The quantitative estimate of drug-likeness (QED) is 0.316. The second kappa shape index (κ2) is 4.19. The number of benzene rings is 3. The normalized spacial score (nSPS) is 15.2. The van der Waals surface area contributed by atoms with Gasteiger partial charge in [0.25, 0.3) is 0 Å². The van der Waals surface area contributed by atoms with Crippen LogP contribution in [-0.4, -0.2) is 31.2 Å². The average molecular weight is 326 g/mol. The van der Waals surface area contributed by atoms with Gasteiger partial charge in [0.15, 0.2) is 0 Å². The van der Waals surface area contributed by atoms with E-state index in [1.54, 1.807) is 13.8 Å². The second-order valence-corrected chi connectivity index (χ2v) is 6.28. The molecule has 0 radical (unpaired) electrons. The fourth-order valence-electron chi connectivity index (χ4n) is 3.22. The van der Waals surface area contributed by atoms with Crippen LogP contribution in [0.3, 0.4) is 0 Å². The molecule has 0 aromatic heterocycles. The smallest absolute Gasteiger partial charge is 0.146 e. The number of rotatable bonds is 0. The van der Waals surface area contributed by atoms with Crippen LogP contribution in [0.2, 0.25) is 0 Å². The van der Waals surface area contributed by atoms with Crippen molar-refractivity contribution in [3.8, 4) is 28.7 Å². The Morgan fingerprint density at radius 1 is 0.708 bits per heavy atom. The molecule has 5 N–H and O–H groups in total.